The Morgan fingerprint density at radius 1 is 1.17 bits per heavy atom. The predicted octanol–water partition coefficient (Wildman–Crippen LogP) is 3.64. The second kappa shape index (κ2) is 10.5. The number of ether oxygens (including phenoxy) is 1. The fourth-order valence-corrected chi connectivity index (χ4v) is 4.34. The first kappa shape index (κ1) is 23.0. The molecule has 2 rings (SSSR count). The molecule has 1 N–H and O–H groups in total. The van der Waals surface area contributed by atoms with Crippen LogP contribution in [0.1, 0.15) is 25.8 Å². The number of benzene rings is 2. The van der Waals surface area contributed by atoms with Gasteiger partial charge in [0, 0.05) is 11.6 Å². The van der Waals surface area contributed by atoms with Gasteiger partial charge >= 0.3 is 0 Å². The normalized spacial score (nSPS) is 12.3. The smallest absolute Gasteiger partial charge is 0.243 e. The Kier molecular flexibility index (Phi) is 8.34. The number of hydrogen-bond donors (Lipinski definition) is 1. The Morgan fingerprint density at radius 3 is 2.45 bits per heavy atom. The number of hydrogen-bond acceptors (Lipinski definition) is 4. The molecule has 0 unspecified atom stereocenters. The molecule has 0 heterocycles. The first-order chi connectivity index (χ1) is 13.7. The van der Waals surface area contributed by atoms with E-state index in [1.54, 1.807) is 31.2 Å². The number of aryl methyl sites for hydroxylation is 1. The molecule has 0 saturated heterocycles. The van der Waals surface area contributed by atoms with Crippen molar-refractivity contribution in [2.75, 3.05) is 23.7 Å². The van der Waals surface area contributed by atoms with Gasteiger partial charge in [0.2, 0.25) is 15.9 Å². The summed E-state index contributed by atoms with van der Waals surface area (Å²) in [5, 5.41) is 3.32. The number of amides is 1. The van der Waals surface area contributed by atoms with Crippen LogP contribution in [-0.2, 0) is 21.2 Å². The maximum absolute atomic E-state index is 12.6. The average Bonchev–Trinajstić information content (AvgIpc) is 2.67. The van der Waals surface area contributed by atoms with E-state index < -0.39 is 16.1 Å². The van der Waals surface area contributed by atoms with Gasteiger partial charge in [-0.1, -0.05) is 29.8 Å². The lowest BCUT2D eigenvalue weighted by atomic mass is 10.1. The summed E-state index contributed by atoms with van der Waals surface area (Å²) in [6.45, 7) is 4.53. The van der Waals surface area contributed by atoms with E-state index in [0.29, 0.717) is 30.3 Å². The highest BCUT2D eigenvalue weighted by atomic mass is 35.5. The van der Waals surface area contributed by atoms with E-state index in [2.05, 4.69) is 5.32 Å². The summed E-state index contributed by atoms with van der Waals surface area (Å²) < 4.78 is 31.3. The highest BCUT2D eigenvalue weighted by molar-refractivity contribution is 7.92. The van der Waals surface area contributed by atoms with Gasteiger partial charge in [-0.3, -0.25) is 9.10 Å². The van der Waals surface area contributed by atoms with E-state index >= 15 is 0 Å². The van der Waals surface area contributed by atoms with Crippen LogP contribution in [0.15, 0.2) is 48.5 Å². The van der Waals surface area contributed by atoms with E-state index in [9.17, 15) is 13.2 Å². The van der Waals surface area contributed by atoms with Crippen LogP contribution < -0.4 is 14.4 Å². The van der Waals surface area contributed by atoms with Gasteiger partial charge in [0.05, 0.1) is 18.6 Å². The number of rotatable bonds is 10. The molecule has 0 saturated carbocycles. The summed E-state index contributed by atoms with van der Waals surface area (Å²) in [4.78, 5) is 12.6. The molecule has 1 amide bonds. The third kappa shape index (κ3) is 6.65. The molecule has 6 nitrogen and oxygen atoms in total. The molecular weight excluding hydrogens is 412 g/mol. The molecule has 0 aromatic heterocycles. The number of para-hydroxylation sites is 1. The molecule has 8 heteroatoms. The second-order valence-electron chi connectivity index (χ2n) is 6.65. The van der Waals surface area contributed by atoms with Crippen LogP contribution in [-0.4, -0.2) is 39.8 Å². The largest absolute Gasteiger partial charge is 0.494 e. The number of carbonyl (C=O) groups excluding carboxylic acids is 1. The monoisotopic (exact) mass is 438 g/mol. The zero-order valence-electron chi connectivity index (χ0n) is 16.9. The molecule has 0 aliphatic rings. The summed E-state index contributed by atoms with van der Waals surface area (Å²) in [6, 6.07) is 13.3. The van der Waals surface area contributed by atoms with Gasteiger partial charge in [-0.05, 0) is 62.6 Å². The van der Waals surface area contributed by atoms with Crippen molar-refractivity contribution in [2.24, 2.45) is 0 Å². The summed E-state index contributed by atoms with van der Waals surface area (Å²) in [7, 11) is -3.65. The minimum Gasteiger partial charge on any atom is -0.494 e. The van der Waals surface area contributed by atoms with Crippen LogP contribution in [0.2, 0.25) is 5.02 Å². The van der Waals surface area contributed by atoms with Crippen molar-refractivity contribution in [3.05, 3.63) is 59.1 Å². The van der Waals surface area contributed by atoms with Gasteiger partial charge in [0.15, 0.2) is 0 Å². The van der Waals surface area contributed by atoms with Gasteiger partial charge in [-0.25, -0.2) is 8.42 Å². The van der Waals surface area contributed by atoms with Gasteiger partial charge in [-0.15, -0.1) is 0 Å². The molecule has 2 aromatic rings. The van der Waals surface area contributed by atoms with E-state index in [4.69, 9.17) is 16.3 Å². The van der Waals surface area contributed by atoms with Crippen LogP contribution in [0.5, 0.6) is 5.75 Å². The predicted molar refractivity (Wildman–Crippen MR) is 117 cm³/mol. The quantitative estimate of drug-likeness (QED) is 0.574. The molecule has 2 aromatic carbocycles. The number of sulfonamides is 1. The number of nitrogens with zero attached hydrogens (tertiary/aromatic N) is 1. The van der Waals surface area contributed by atoms with Crippen molar-refractivity contribution in [3.8, 4) is 5.75 Å². The molecule has 29 heavy (non-hydrogen) atoms. The maximum Gasteiger partial charge on any atom is 0.243 e. The lowest BCUT2D eigenvalue weighted by molar-refractivity contribution is -0.121. The highest BCUT2D eigenvalue weighted by Gasteiger charge is 2.28. The molecule has 0 fully saturated rings. The summed E-state index contributed by atoms with van der Waals surface area (Å²) in [6.07, 6.45) is 2.54. The third-order valence-corrected chi connectivity index (χ3v) is 5.86. The Bertz CT molecular complexity index is 917. The molecule has 0 radical (unpaired) electrons. The lowest BCUT2D eigenvalue weighted by Crippen LogP contribution is -2.48. The van der Waals surface area contributed by atoms with Crippen LogP contribution in [0, 0.1) is 0 Å². The van der Waals surface area contributed by atoms with E-state index in [-0.39, 0.29) is 5.91 Å². The highest BCUT2D eigenvalue weighted by Crippen LogP contribution is 2.23. The molecular formula is C21H27ClN2O4S. The fraction of sp³-hybridized carbons (Fsp3) is 0.381. The molecule has 0 bridgehead atoms. The van der Waals surface area contributed by atoms with E-state index in [1.165, 1.54) is 0 Å². The Hall–Kier alpha value is -2.25. The van der Waals surface area contributed by atoms with Gasteiger partial charge in [0.25, 0.3) is 0 Å². The zero-order valence-corrected chi connectivity index (χ0v) is 18.5. The van der Waals surface area contributed by atoms with E-state index in [1.807, 2.05) is 31.2 Å². The van der Waals surface area contributed by atoms with Crippen LogP contribution in [0.4, 0.5) is 5.69 Å². The molecule has 0 aliphatic heterocycles. The van der Waals surface area contributed by atoms with Gasteiger partial charge in [0.1, 0.15) is 11.8 Å². The molecule has 0 aliphatic carbocycles. The number of carbonyl (C=O) groups is 1. The van der Waals surface area contributed by atoms with Crippen molar-refractivity contribution < 1.29 is 17.9 Å². The van der Waals surface area contributed by atoms with Crippen LogP contribution in [0.3, 0.4) is 0 Å². The standard InChI is InChI=1S/C21H27ClN2O4S/c1-4-28-20-10-6-5-8-17(20)9-7-15-23-21(25)16(2)24(29(3,26)27)19-13-11-18(22)12-14-19/h5-6,8,10-14,16H,4,7,9,15H2,1-3H3,(H,23,25)/t16-/m1/s1. The van der Waals surface area contributed by atoms with E-state index in [0.717, 1.165) is 28.3 Å². The van der Waals surface area contributed by atoms with Crippen molar-refractivity contribution >= 4 is 33.2 Å². The SMILES string of the molecule is CCOc1ccccc1CCCNC(=O)[C@@H](C)N(c1ccc(Cl)cc1)S(C)(=O)=O. The van der Waals surface area contributed by atoms with Gasteiger partial charge < -0.3 is 10.1 Å². The Balaban J connectivity index is 1.97. The fourth-order valence-electron chi connectivity index (χ4n) is 3.04. The van der Waals surface area contributed by atoms with Gasteiger partial charge in [-0.2, -0.15) is 0 Å². The molecule has 1 atom stereocenters. The third-order valence-electron chi connectivity index (χ3n) is 4.36. The van der Waals surface area contributed by atoms with Crippen molar-refractivity contribution in [3.63, 3.8) is 0 Å². The second-order valence-corrected chi connectivity index (χ2v) is 8.94. The maximum atomic E-state index is 12.6. The molecule has 158 valence electrons. The number of anilines is 1. The van der Waals surface area contributed by atoms with Crippen molar-refractivity contribution in [1.82, 2.24) is 5.32 Å². The minimum absolute atomic E-state index is 0.358. The number of nitrogens with one attached hydrogen (secondary N) is 1. The lowest BCUT2D eigenvalue weighted by Gasteiger charge is -2.28. The van der Waals surface area contributed by atoms with Crippen LogP contribution >= 0.6 is 11.6 Å². The summed E-state index contributed by atoms with van der Waals surface area (Å²) in [5.41, 5.74) is 1.47. The molecule has 0 spiro atoms. The minimum atomic E-state index is -3.65. The topological polar surface area (TPSA) is 75.7 Å². The average molecular weight is 439 g/mol. The first-order valence-electron chi connectivity index (χ1n) is 9.47. The first-order valence-corrected chi connectivity index (χ1v) is 11.7. The summed E-state index contributed by atoms with van der Waals surface area (Å²) in [5.74, 6) is 0.490. The Labute approximate surface area is 177 Å². The summed E-state index contributed by atoms with van der Waals surface area (Å²) >= 11 is 5.88. The van der Waals surface area contributed by atoms with Crippen LogP contribution in [0.25, 0.3) is 0 Å². The van der Waals surface area contributed by atoms with Crippen molar-refractivity contribution in [1.29, 1.82) is 0 Å². The van der Waals surface area contributed by atoms with Crippen molar-refractivity contribution in [2.45, 2.75) is 32.7 Å². The number of halogens is 1. The zero-order chi connectivity index (χ0) is 21.4. The Morgan fingerprint density at radius 2 is 1.83 bits per heavy atom.